The van der Waals surface area contributed by atoms with Gasteiger partial charge in [-0.05, 0) is 41.8 Å². The second-order valence-electron chi connectivity index (χ2n) is 6.41. The lowest BCUT2D eigenvalue weighted by molar-refractivity contribution is -0.0211. The predicted molar refractivity (Wildman–Crippen MR) is 106 cm³/mol. The highest BCUT2D eigenvalue weighted by molar-refractivity contribution is 7.12. The van der Waals surface area contributed by atoms with Crippen molar-refractivity contribution in [3.8, 4) is 5.75 Å². The van der Waals surface area contributed by atoms with Crippen LogP contribution in [0.5, 0.6) is 5.75 Å². The molecular formula is C20H13Cl2FN2OS. The van der Waals surface area contributed by atoms with Crippen molar-refractivity contribution in [3.05, 3.63) is 85.8 Å². The third-order valence-electron chi connectivity index (χ3n) is 4.80. The molecule has 0 unspecified atom stereocenters. The molecular weight excluding hydrogens is 406 g/mol. The van der Waals surface area contributed by atoms with Crippen LogP contribution in [-0.2, 0) is 0 Å². The van der Waals surface area contributed by atoms with E-state index < -0.39 is 12.0 Å². The summed E-state index contributed by atoms with van der Waals surface area (Å²) in [4.78, 5) is 1.09. The molecule has 2 aliphatic rings. The van der Waals surface area contributed by atoms with Gasteiger partial charge < -0.3 is 4.74 Å². The number of hydrogen-bond acceptors (Lipinski definition) is 4. The zero-order chi connectivity index (χ0) is 18.5. The molecule has 0 saturated heterocycles. The van der Waals surface area contributed by atoms with E-state index in [0.29, 0.717) is 27.8 Å². The SMILES string of the molecule is Fc1cccc(Cl)c1[C@H]1Oc2ccc(Cl)cc2[C@@H]2CC(c3cccs3)=NN12. The van der Waals surface area contributed by atoms with Crippen molar-refractivity contribution in [2.45, 2.75) is 18.7 Å². The van der Waals surface area contributed by atoms with Gasteiger partial charge in [0.25, 0.3) is 0 Å². The van der Waals surface area contributed by atoms with Gasteiger partial charge >= 0.3 is 0 Å². The van der Waals surface area contributed by atoms with Gasteiger partial charge in [-0.1, -0.05) is 35.3 Å². The van der Waals surface area contributed by atoms with E-state index in [0.717, 1.165) is 16.2 Å². The van der Waals surface area contributed by atoms with E-state index in [1.54, 1.807) is 34.5 Å². The molecule has 3 aromatic rings. The Labute approximate surface area is 169 Å². The lowest BCUT2D eigenvalue weighted by Gasteiger charge is -2.38. The van der Waals surface area contributed by atoms with Crippen molar-refractivity contribution < 1.29 is 9.13 Å². The molecule has 2 atom stereocenters. The smallest absolute Gasteiger partial charge is 0.218 e. The maximum atomic E-state index is 14.6. The number of halogens is 3. The molecule has 0 radical (unpaired) electrons. The van der Waals surface area contributed by atoms with E-state index in [-0.39, 0.29) is 6.04 Å². The average molecular weight is 419 g/mol. The molecule has 0 bridgehead atoms. The third kappa shape index (κ3) is 2.81. The first-order valence-corrected chi connectivity index (χ1v) is 10.0. The first-order valence-electron chi connectivity index (χ1n) is 8.41. The van der Waals surface area contributed by atoms with Crippen LogP contribution < -0.4 is 4.74 Å². The van der Waals surface area contributed by atoms with Crippen LogP contribution in [0.25, 0.3) is 0 Å². The number of hydrazone groups is 1. The van der Waals surface area contributed by atoms with Crippen molar-refractivity contribution in [2.75, 3.05) is 0 Å². The van der Waals surface area contributed by atoms with Crippen LogP contribution in [0.2, 0.25) is 10.0 Å². The highest BCUT2D eigenvalue weighted by Gasteiger charge is 2.42. The molecule has 2 aliphatic heterocycles. The summed E-state index contributed by atoms with van der Waals surface area (Å²) in [5, 5.41) is 9.55. The lowest BCUT2D eigenvalue weighted by atomic mass is 9.97. The molecule has 1 aromatic heterocycles. The molecule has 27 heavy (non-hydrogen) atoms. The highest BCUT2D eigenvalue weighted by atomic mass is 35.5. The van der Waals surface area contributed by atoms with Crippen molar-refractivity contribution >= 4 is 40.3 Å². The molecule has 0 N–H and O–H groups in total. The molecule has 5 rings (SSSR count). The van der Waals surface area contributed by atoms with E-state index in [1.807, 2.05) is 29.6 Å². The average Bonchev–Trinajstić information content (AvgIpc) is 3.31. The molecule has 136 valence electrons. The Morgan fingerprint density at radius 1 is 1.15 bits per heavy atom. The highest BCUT2D eigenvalue weighted by Crippen LogP contribution is 2.49. The lowest BCUT2D eigenvalue weighted by Crippen LogP contribution is -2.34. The van der Waals surface area contributed by atoms with Gasteiger partial charge in [0.05, 0.1) is 27.2 Å². The normalized spacial score (nSPS) is 20.7. The molecule has 0 spiro atoms. The Morgan fingerprint density at radius 2 is 2.04 bits per heavy atom. The van der Waals surface area contributed by atoms with Crippen LogP contribution in [0.1, 0.15) is 34.7 Å². The minimum Gasteiger partial charge on any atom is -0.464 e. The zero-order valence-electron chi connectivity index (χ0n) is 13.9. The van der Waals surface area contributed by atoms with Gasteiger partial charge in [0.1, 0.15) is 11.6 Å². The fourth-order valence-electron chi connectivity index (χ4n) is 3.59. The van der Waals surface area contributed by atoms with Crippen molar-refractivity contribution in [1.29, 1.82) is 0 Å². The fraction of sp³-hybridized carbons (Fsp3) is 0.150. The van der Waals surface area contributed by atoms with Crippen LogP contribution in [0, 0.1) is 5.82 Å². The minimum atomic E-state index is -0.741. The summed E-state index contributed by atoms with van der Waals surface area (Å²) in [5.41, 5.74) is 2.19. The standard InChI is InChI=1S/C20H13Cl2FN2OS/c21-11-6-7-17-12(9-11)16-10-15(18-5-2-8-27-18)24-25(16)20(26-17)19-13(22)3-1-4-14(19)23/h1-9,16,20H,10H2/t16-,20+/m0/s1. The summed E-state index contributed by atoms with van der Waals surface area (Å²) < 4.78 is 20.8. The maximum absolute atomic E-state index is 14.6. The first kappa shape index (κ1) is 17.0. The van der Waals surface area contributed by atoms with Gasteiger partial charge in [-0.25, -0.2) is 9.40 Å². The predicted octanol–water partition coefficient (Wildman–Crippen LogP) is 6.44. The molecule has 2 aromatic carbocycles. The van der Waals surface area contributed by atoms with Gasteiger partial charge in [-0.2, -0.15) is 5.10 Å². The number of hydrogen-bond donors (Lipinski definition) is 0. The Kier molecular flexibility index (Phi) is 4.11. The molecule has 3 heterocycles. The zero-order valence-corrected chi connectivity index (χ0v) is 16.2. The van der Waals surface area contributed by atoms with E-state index in [9.17, 15) is 4.39 Å². The number of benzene rings is 2. The van der Waals surface area contributed by atoms with Crippen molar-refractivity contribution in [3.63, 3.8) is 0 Å². The summed E-state index contributed by atoms with van der Waals surface area (Å²) in [5.74, 6) is 0.260. The first-order chi connectivity index (χ1) is 13.1. The largest absolute Gasteiger partial charge is 0.464 e. The van der Waals surface area contributed by atoms with Gasteiger partial charge in [-0.15, -0.1) is 11.3 Å². The molecule has 0 fully saturated rings. The van der Waals surface area contributed by atoms with Crippen LogP contribution >= 0.6 is 34.5 Å². The molecule has 0 saturated carbocycles. The fourth-order valence-corrected chi connectivity index (χ4v) is 4.74. The summed E-state index contributed by atoms with van der Waals surface area (Å²) in [6.45, 7) is 0. The van der Waals surface area contributed by atoms with E-state index in [2.05, 4.69) is 0 Å². The Morgan fingerprint density at radius 3 is 2.81 bits per heavy atom. The summed E-state index contributed by atoms with van der Waals surface area (Å²) in [6, 6.07) is 14.0. The summed E-state index contributed by atoms with van der Waals surface area (Å²) in [6.07, 6.45) is -0.0467. The third-order valence-corrected chi connectivity index (χ3v) is 6.29. The topological polar surface area (TPSA) is 24.8 Å². The molecule has 7 heteroatoms. The van der Waals surface area contributed by atoms with Crippen LogP contribution in [-0.4, -0.2) is 10.7 Å². The van der Waals surface area contributed by atoms with Gasteiger partial charge in [-0.3, -0.25) is 0 Å². The quantitative estimate of drug-likeness (QED) is 0.478. The van der Waals surface area contributed by atoms with Gasteiger partial charge in [0, 0.05) is 17.0 Å². The second-order valence-corrected chi connectivity index (χ2v) is 8.20. The number of nitrogens with zero attached hydrogens (tertiary/aromatic N) is 2. The van der Waals surface area contributed by atoms with Crippen molar-refractivity contribution in [1.82, 2.24) is 5.01 Å². The minimum absolute atomic E-state index is 0.0924. The Bertz CT molecular complexity index is 1030. The number of fused-ring (bicyclic) bond motifs is 3. The Hall–Kier alpha value is -2.08. The molecule has 0 amide bonds. The van der Waals surface area contributed by atoms with Crippen LogP contribution in [0.4, 0.5) is 4.39 Å². The number of ether oxygens (including phenoxy) is 1. The second kappa shape index (κ2) is 6.51. The summed E-state index contributed by atoms with van der Waals surface area (Å²) in [7, 11) is 0. The van der Waals surface area contributed by atoms with Gasteiger partial charge in [0.2, 0.25) is 6.23 Å². The van der Waals surface area contributed by atoms with Crippen LogP contribution in [0.15, 0.2) is 59.0 Å². The molecule has 3 nitrogen and oxygen atoms in total. The maximum Gasteiger partial charge on any atom is 0.218 e. The summed E-state index contributed by atoms with van der Waals surface area (Å²) >= 11 is 14.2. The number of rotatable bonds is 2. The van der Waals surface area contributed by atoms with E-state index in [4.69, 9.17) is 33.0 Å². The van der Waals surface area contributed by atoms with E-state index in [1.165, 1.54) is 6.07 Å². The monoisotopic (exact) mass is 418 g/mol. The van der Waals surface area contributed by atoms with Crippen molar-refractivity contribution in [2.24, 2.45) is 5.10 Å². The van der Waals surface area contributed by atoms with E-state index >= 15 is 0 Å². The molecule has 0 aliphatic carbocycles. The van der Waals surface area contributed by atoms with Gasteiger partial charge in [0.15, 0.2) is 0 Å². The number of thiophene rings is 1. The van der Waals surface area contributed by atoms with Crippen LogP contribution in [0.3, 0.4) is 0 Å². The Balaban J connectivity index is 1.66.